The van der Waals surface area contributed by atoms with E-state index in [4.69, 9.17) is 18.8 Å². The van der Waals surface area contributed by atoms with Gasteiger partial charge >= 0.3 is 0 Å². The molecule has 0 atom stereocenters. The Morgan fingerprint density at radius 1 is 0.413 bits per heavy atom. The number of furan rings is 2. The third kappa shape index (κ3) is 3.67. The second-order valence-corrected chi connectivity index (χ2v) is 11.7. The molecule has 0 aliphatic heterocycles. The molecule has 0 unspecified atom stereocenters. The van der Waals surface area contributed by atoms with Crippen molar-refractivity contribution in [3.8, 4) is 33.8 Å². The normalized spacial score (nSPS) is 11.9. The van der Waals surface area contributed by atoms with Crippen molar-refractivity contribution in [1.29, 1.82) is 0 Å². The summed E-state index contributed by atoms with van der Waals surface area (Å²) < 4.78 is 13.1. The topological polar surface area (TPSA) is 52.1 Å². The highest BCUT2D eigenvalue weighted by atomic mass is 16.3. The van der Waals surface area contributed by atoms with Gasteiger partial charge in [-0.2, -0.15) is 0 Å². The first-order valence-corrected chi connectivity index (χ1v) is 15.4. The van der Waals surface area contributed by atoms with E-state index in [1.807, 2.05) is 60.7 Å². The van der Waals surface area contributed by atoms with Crippen LogP contribution < -0.4 is 0 Å². The van der Waals surface area contributed by atoms with Crippen LogP contribution in [0.4, 0.5) is 0 Å². The smallest absolute Gasteiger partial charge is 0.180 e. The van der Waals surface area contributed by atoms with Crippen LogP contribution in [0.3, 0.4) is 0 Å². The highest BCUT2D eigenvalue weighted by molar-refractivity contribution is 6.18. The van der Waals surface area contributed by atoms with Gasteiger partial charge in [0.1, 0.15) is 28.0 Å². The molecule has 214 valence electrons. The molecule has 4 nitrogen and oxygen atoms in total. The van der Waals surface area contributed by atoms with Crippen molar-refractivity contribution in [2.24, 2.45) is 0 Å². The summed E-state index contributed by atoms with van der Waals surface area (Å²) in [5.41, 5.74) is 8.83. The van der Waals surface area contributed by atoms with E-state index in [2.05, 4.69) is 84.9 Å². The van der Waals surface area contributed by atoms with Crippen LogP contribution in [0.15, 0.2) is 154 Å². The van der Waals surface area contributed by atoms with Gasteiger partial charge in [0.2, 0.25) is 0 Å². The average Bonchev–Trinajstić information content (AvgIpc) is 3.69. The van der Waals surface area contributed by atoms with E-state index in [0.717, 1.165) is 60.8 Å². The summed E-state index contributed by atoms with van der Waals surface area (Å²) >= 11 is 0. The van der Waals surface area contributed by atoms with Gasteiger partial charge in [0.25, 0.3) is 0 Å². The van der Waals surface area contributed by atoms with Crippen LogP contribution in [0.5, 0.6) is 0 Å². The van der Waals surface area contributed by atoms with Gasteiger partial charge in [-0.1, -0.05) is 109 Å². The second-order valence-electron chi connectivity index (χ2n) is 11.7. The molecule has 0 spiro atoms. The predicted molar refractivity (Wildman–Crippen MR) is 188 cm³/mol. The average molecular weight is 589 g/mol. The number of benzene rings is 7. The first-order valence-electron chi connectivity index (χ1n) is 15.4. The highest BCUT2D eigenvalue weighted by Crippen LogP contribution is 2.43. The first kappa shape index (κ1) is 25.1. The number of hydrogen-bond acceptors (Lipinski definition) is 4. The summed E-state index contributed by atoms with van der Waals surface area (Å²) in [5.74, 6) is 0.657. The fraction of sp³-hybridized carbons (Fsp3) is 0. The van der Waals surface area contributed by atoms with Crippen molar-refractivity contribution in [2.45, 2.75) is 0 Å². The van der Waals surface area contributed by atoms with E-state index >= 15 is 0 Å². The molecular weight excluding hydrogens is 564 g/mol. The van der Waals surface area contributed by atoms with Gasteiger partial charge in [0, 0.05) is 27.3 Å². The molecule has 3 aromatic heterocycles. The van der Waals surface area contributed by atoms with Crippen LogP contribution in [0.2, 0.25) is 0 Å². The summed E-state index contributed by atoms with van der Waals surface area (Å²) in [5, 5.41) is 7.95. The van der Waals surface area contributed by atoms with Crippen LogP contribution in [0.1, 0.15) is 0 Å². The maximum Gasteiger partial charge on any atom is 0.180 e. The van der Waals surface area contributed by atoms with E-state index in [0.29, 0.717) is 11.4 Å². The molecule has 0 saturated carbocycles. The minimum atomic E-state index is 0.657. The van der Waals surface area contributed by atoms with Crippen molar-refractivity contribution in [2.75, 3.05) is 0 Å². The molecule has 0 radical (unpaired) electrons. The summed E-state index contributed by atoms with van der Waals surface area (Å²) in [7, 11) is 0. The minimum Gasteiger partial charge on any atom is -0.456 e. The maximum absolute atomic E-state index is 6.59. The molecule has 0 amide bonds. The van der Waals surface area contributed by atoms with E-state index < -0.39 is 0 Å². The monoisotopic (exact) mass is 588 g/mol. The molecule has 4 heteroatoms. The molecule has 7 aromatic carbocycles. The molecule has 0 saturated heterocycles. The van der Waals surface area contributed by atoms with Gasteiger partial charge < -0.3 is 8.83 Å². The number of nitrogens with zero attached hydrogens (tertiary/aromatic N) is 2. The zero-order valence-electron chi connectivity index (χ0n) is 24.6. The molecule has 10 aromatic rings. The van der Waals surface area contributed by atoms with Gasteiger partial charge in [-0.3, -0.25) is 0 Å². The Kier molecular flexibility index (Phi) is 5.25. The van der Waals surface area contributed by atoms with Gasteiger partial charge in [-0.05, 0) is 69.1 Å². The lowest BCUT2D eigenvalue weighted by atomic mass is 9.93. The van der Waals surface area contributed by atoms with Gasteiger partial charge in [0.05, 0.1) is 0 Å². The third-order valence-electron chi connectivity index (χ3n) is 9.08. The van der Waals surface area contributed by atoms with Crippen molar-refractivity contribution >= 4 is 65.6 Å². The van der Waals surface area contributed by atoms with Crippen molar-refractivity contribution in [3.63, 3.8) is 0 Å². The molecule has 0 aliphatic rings. The Hall–Kier alpha value is -6.26. The van der Waals surface area contributed by atoms with Crippen molar-refractivity contribution < 1.29 is 8.83 Å². The summed E-state index contributed by atoms with van der Waals surface area (Å²) in [6.45, 7) is 0. The summed E-state index contributed by atoms with van der Waals surface area (Å²) in [6, 6.07) is 50.3. The number of rotatable bonds is 3. The van der Waals surface area contributed by atoms with Crippen LogP contribution in [-0.4, -0.2) is 9.97 Å². The largest absolute Gasteiger partial charge is 0.456 e. The molecular formula is C42H24N2O2. The SMILES string of the molecule is c1ccc(-c2nc(-c3cccc4oc5cc(-c6cc7ccccc7c7ccccc67)ccc5c34)c3oc4ccccc4c3n2)cc1. The van der Waals surface area contributed by atoms with Gasteiger partial charge in [0.15, 0.2) is 11.4 Å². The Morgan fingerprint density at radius 2 is 1.15 bits per heavy atom. The quantitative estimate of drug-likeness (QED) is 0.193. The zero-order chi connectivity index (χ0) is 30.2. The lowest BCUT2D eigenvalue weighted by molar-refractivity contribution is 0.667. The van der Waals surface area contributed by atoms with E-state index in [1.165, 1.54) is 27.1 Å². The molecule has 0 aliphatic carbocycles. The number of para-hydroxylation sites is 1. The fourth-order valence-electron chi connectivity index (χ4n) is 6.97. The van der Waals surface area contributed by atoms with Gasteiger partial charge in [-0.25, -0.2) is 9.97 Å². The van der Waals surface area contributed by atoms with E-state index in [-0.39, 0.29) is 0 Å². The standard InChI is InChI=1S/C42H24N2O2/c1-2-11-25(12-3-1)42-43-39-32-17-8-9-19-35(32)46-41(39)40(44-42)33-18-10-20-36-38(33)31-22-21-27(24-37(31)45-36)34-23-26-13-4-5-14-28(26)29-15-6-7-16-30(29)34/h1-24H. The lowest BCUT2D eigenvalue weighted by Crippen LogP contribution is -1.94. The molecule has 0 N–H and O–H groups in total. The summed E-state index contributed by atoms with van der Waals surface area (Å²) in [4.78, 5) is 10.2. The fourth-order valence-corrected chi connectivity index (χ4v) is 6.97. The number of hydrogen-bond donors (Lipinski definition) is 0. The number of aromatic nitrogens is 2. The zero-order valence-corrected chi connectivity index (χ0v) is 24.6. The van der Waals surface area contributed by atoms with E-state index in [9.17, 15) is 0 Å². The first-order chi connectivity index (χ1) is 22.8. The Morgan fingerprint density at radius 3 is 2.04 bits per heavy atom. The Labute approximate surface area is 263 Å². The molecule has 0 fully saturated rings. The lowest BCUT2D eigenvalue weighted by Gasteiger charge is -2.11. The Bertz CT molecular complexity index is 2810. The van der Waals surface area contributed by atoms with Crippen molar-refractivity contribution in [1.82, 2.24) is 9.97 Å². The number of fused-ring (bicyclic) bond motifs is 9. The second kappa shape index (κ2) is 9.62. The minimum absolute atomic E-state index is 0.657. The summed E-state index contributed by atoms with van der Waals surface area (Å²) in [6.07, 6.45) is 0. The third-order valence-corrected chi connectivity index (χ3v) is 9.08. The Balaban J connectivity index is 1.23. The predicted octanol–water partition coefficient (Wildman–Crippen LogP) is 11.6. The van der Waals surface area contributed by atoms with Gasteiger partial charge in [-0.15, -0.1) is 0 Å². The molecule has 10 rings (SSSR count). The van der Waals surface area contributed by atoms with Crippen LogP contribution in [0.25, 0.3) is 99.3 Å². The maximum atomic E-state index is 6.59. The van der Waals surface area contributed by atoms with E-state index in [1.54, 1.807) is 0 Å². The van der Waals surface area contributed by atoms with Crippen LogP contribution in [0, 0.1) is 0 Å². The van der Waals surface area contributed by atoms with Crippen molar-refractivity contribution in [3.05, 3.63) is 146 Å². The van der Waals surface area contributed by atoms with Crippen LogP contribution in [-0.2, 0) is 0 Å². The highest BCUT2D eigenvalue weighted by Gasteiger charge is 2.22. The molecule has 46 heavy (non-hydrogen) atoms. The molecule has 3 heterocycles. The molecule has 0 bridgehead atoms. The van der Waals surface area contributed by atoms with Crippen LogP contribution >= 0.6 is 0 Å².